The van der Waals surface area contributed by atoms with E-state index in [1.807, 2.05) is 24.3 Å². The van der Waals surface area contributed by atoms with E-state index in [-0.39, 0.29) is 15.1 Å². The van der Waals surface area contributed by atoms with Crippen molar-refractivity contribution in [3.05, 3.63) is 41.0 Å². The van der Waals surface area contributed by atoms with Crippen LogP contribution >= 0.6 is 11.8 Å². The van der Waals surface area contributed by atoms with Gasteiger partial charge < -0.3 is 5.73 Å². The van der Waals surface area contributed by atoms with Gasteiger partial charge in [0.05, 0.1) is 5.57 Å². The molecule has 2 heterocycles. The summed E-state index contributed by atoms with van der Waals surface area (Å²) in [4.78, 5) is 16.2. The number of hydrogen-bond acceptors (Lipinski definition) is 7. The first-order chi connectivity index (χ1) is 11.3. The molecule has 0 aliphatic carbocycles. The summed E-state index contributed by atoms with van der Waals surface area (Å²) in [6.45, 7) is 2.06. The predicted octanol–water partition coefficient (Wildman–Crippen LogP) is 1.18. The zero-order valence-corrected chi connectivity index (χ0v) is 14.8. The van der Waals surface area contributed by atoms with Gasteiger partial charge in [-0.3, -0.25) is 4.79 Å². The molecule has 0 saturated heterocycles. The maximum Gasteiger partial charge on any atom is 0.278 e. The molecule has 1 amide bonds. The molecule has 2 N–H and O–H groups in total. The topological polar surface area (TPSA) is 105 Å². The van der Waals surface area contributed by atoms with Gasteiger partial charge in [-0.25, -0.2) is 13.4 Å². The van der Waals surface area contributed by atoms with Crippen LogP contribution in [0.25, 0.3) is 6.08 Å². The van der Waals surface area contributed by atoms with E-state index in [0.29, 0.717) is 0 Å². The maximum absolute atomic E-state index is 12.3. The normalized spacial score (nSPS) is 22.5. The van der Waals surface area contributed by atoms with Gasteiger partial charge in [-0.05, 0) is 35.4 Å². The summed E-state index contributed by atoms with van der Waals surface area (Å²) in [6.07, 6.45) is 2.77. The first-order valence-corrected chi connectivity index (χ1v) is 9.95. The number of carbonyl (C=O) groups excluding carboxylic acids is 1. The van der Waals surface area contributed by atoms with Crippen LogP contribution in [0.1, 0.15) is 18.1 Å². The number of hydrogen-bond donors (Lipinski definition) is 1. The maximum atomic E-state index is 12.3. The van der Waals surface area contributed by atoms with Crippen molar-refractivity contribution in [3.63, 3.8) is 0 Å². The zero-order valence-electron chi connectivity index (χ0n) is 13.1. The third-order valence-corrected chi connectivity index (χ3v) is 6.21. The highest BCUT2D eigenvalue weighted by Gasteiger charge is 2.39. The number of carbonyl (C=O) groups is 1. The molecule has 0 aromatic heterocycles. The van der Waals surface area contributed by atoms with E-state index in [4.69, 9.17) is 5.73 Å². The average Bonchev–Trinajstić information content (AvgIpc) is 2.96. The molecule has 0 radical (unpaired) electrons. The summed E-state index contributed by atoms with van der Waals surface area (Å²) in [5.74, 6) is -0.481. The number of amides is 1. The molecule has 126 valence electrons. The lowest BCUT2D eigenvalue weighted by molar-refractivity contribution is -0.115. The van der Waals surface area contributed by atoms with Crippen molar-refractivity contribution in [2.24, 2.45) is 15.8 Å². The van der Waals surface area contributed by atoms with Crippen LogP contribution in [0.15, 0.2) is 39.9 Å². The Morgan fingerprint density at radius 1 is 1.33 bits per heavy atom. The monoisotopic (exact) mass is 364 g/mol. The molecule has 1 atom stereocenters. The first kappa shape index (κ1) is 16.9. The highest BCUT2D eigenvalue weighted by atomic mass is 32.3. The Morgan fingerprint density at radius 2 is 2.00 bits per heavy atom. The van der Waals surface area contributed by atoms with Gasteiger partial charge in [0.15, 0.2) is 5.17 Å². The van der Waals surface area contributed by atoms with Crippen LogP contribution < -0.4 is 5.73 Å². The number of sulfone groups is 1. The van der Waals surface area contributed by atoms with Crippen LogP contribution in [-0.4, -0.2) is 41.3 Å². The summed E-state index contributed by atoms with van der Waals surface area (Å²) in [7, 11) is -3.48. The molecule has 0 bridgehead atoms. The number of nitrogens with two attached hydrogens (primary N) is 1. The number of hydrazone groups is 1. The summed E-state index contributed by atoms with van der Waals surface area (Å²) < 4.78 is 23.1. The highest BCUT2D eigenvalue weighted by Crippen LogP contribution is 2.31. The lowest BCUT2D eigenvalue weighted by atomic mass is 10.0. The van der Waals surface area contributed by atoms with Gasteiger partial charge in [-0.15, -0.1) is 5.10 Å². The van der Waals surface area contributed by atoms with Gasteiger partial charge in [0.1, 0.15) is 6.17 Å². The summed E-state index contributed by atoms with van der Waals surface area (Å²) >= 11 is 0.832. The van der Waals surface area contributed by atoms with E-state index in [1.165, 1.54) is 10.6 Å². The molecule has 2 aliphatic heterocycles. The minimum Gasteiger partial charge on any atom is -0.306 e. The van der Waals surface area contributed by atoms with E-state index < -0.39 is 21.9 Å². The molecule has 9 heteroatoms. The van der Waals surface area contributed by atoms with Crippen molar-refractivity contribution in [1.29, 1.82) is 0 Å². The Morgan fingerprint density at radius 3 is 2.58 bits per heavy atom. The molecule has 1 aromatic carbocycles. The van der Waals surface area contributed by atoms with Crippen molar-refractivity contribution in [3.8, 4) is 0 Å². The fourth-order valence-corrected chi connectivity index (χ4v) is 3.99. The predicted molar refractivity (Wildman–Crippen MR) is 95.9 cm³/mol. The van der Waals surface area contributed by atoms with E-state index in [1.54, 1.807) is 6.08 Å². The van der Waals surface area contributed by atoms with Crippen LogP contribution in [-0.2, 0) is 21.1 Å². The standard InChI is InChI=1S/C15H16N4O3S2/c1-3-9-4-6-10(7-5-9)8-11-12(16)19-14(17-13(11)20)23-15(18-19)24(2,21)22/h4-8,12H,3,16H2,1-2H3/b11-8+. The summed E-state index contributed by atoms with van der Waals surface area (Å²) in [6, 6.07) is 7.75. The number of benzene rings is 1. The summed E-state index contributed by atoms with van der Waals surface area (Å²) in [5.41, 5.74) is 8.38. The number of fused-ring (bicyclic) bond motifs is 1. The van der Waals surface area contributed by atoms with Crippen molar-refractivity contribution < 1.29 is 13.2 Å². The lowest BCUT2D eigenvalue weighted by Gasteiger charge is -2.26. The Hall–Kier alpha value is -1.97. The molecule has 0 saturated carbocycles. The van der Waals surface area contributed by atoms with Crippen LogP contribution in [0.5, 0.6) is 0 Å². The van der Waals surface area contributed by atoms with Crippen molar-refractivity contribution in [1.82, 2.24) is 5.01 Å². The molecular formula is C15H16N4O3S2. The number of amidine groups is 1. The van der Waals surface area contributed by atoms with E-state index >= 15 is 0 Å². The van der Waals surface area contributed by atoms with Gasteiger partial charge in [-0.1, -0.05) is 31.2 Å². The third kappa shape index (κ3) is 3.14. The molecule has 1 aromatic rings. The van der Waals surface area contributed by atoms with Crippen LogP contribution in [0.3, 0.4) is 0 Å². The van der Waals surface area contributed by atoms with E-state index in [9.17, 15) is 13.2 Å². The SMILES string of the molecule is CCc1ccc(/C=C2/C(=O)N=C3SC(S(C)(=O)=O)=NN3C2N)cc1. The van der Waals surface area contributed by atoms with Gasteiger partial charge in [0.2, 0.25) is 14.2 Å². The Bertz CT molecular complexity index is 886. The number of aliphatic imine (C=N–C) groups is 1. The van der Waals surface area contributed by atoms with Crippen LogP contribution in [0.2, 0.25) is 0 Å². The second kappa shape index (κ2) is 6.15. The molecule has 3 rings (SSSR count). The van der Waals surface area contributed by atoms with Crippen molar-refractivity contribution in [2.45, 2.75) is 19.5 Å². The molecule has 7 nitrogen and oxygen atoms in total. The van der Waals surface area contributed by atoms with E-state index in [0.717, 1.165) is 30.0 Å². The Balaban J connectivity index is 1.95. The minimum atomic E-state index is -3.48. The van der Waals surface area contributed by atoms with Crippen LogP contribution in [0.4, 0.5) is 0 Å². The second-order valence-electron chi connectivity index (χ2n) is 5.42. The van der Waals surface area contributed by atoms with Crippen LogP contribution in [0, 0.1) is 0 Å². The fraction of sp³-hybridized carbons (Fsp3) is 0.267. The summed E-state index contributed by atoms with van der Waals surface area (Å²) in [5, 5.41) is 5.45. The van der Waals surface area contributed by atoms with Crippen molar-refractivity contribution >= 4 is 43.1 Å². The van der Waals surface area contributed by atoms with Gasteiger partial charge in [0, 0.05) is 6.26 Å². The zero-order chi connectivity index (χ0) is 17.5. The van der Waals surface area contributed by atoms with Gasteiger partial charge >= 0.3 is 0 Å². The smallest absolute Gasteiger partial charge is 0.278 e. The second-order valence-corrected chi connectivity index (χ2v) is 8.57. The average molecular weight is 364 g/mol. The number of aryl methyl sites for hydroxylation is 1. The van der Waals surface area contributed by atoms with E-state index in [2.05, 4.69) is 17.0 Å². The first-order valence-electron chi connectivity index (χ1n) is 7.24. The fourth-order valence-electron chi connectivity index (χ4n) is 2.27. The van der Waals surface area contributed by atoms with Crippen molar-refractivity contribution in [2.75, 3.05) is 6.26 Å². The Labute approximate surface area is 144 Å². The molecule has 1 unspecified atom stereocenters. The molecule has 2 aliphatic rings. The lowest BCUT2D eigenvalue weighted by Crippen LogP contribution is -2.46. The molecule has 24 heavy (non-hydrogen) atoms. The molecule has 0 fully saturated rings. The number of rotatable bonds is 2. The highest BCUT2D eigenvalue weighted by molar-refractivity contribution is 8.42. The third-order valence-electron chi connectivity index (χ3n) is 3.62. The van der Waals surface area contributed by atoms with Gasteiger partial charge in [-0.2, -0.15) is 4.99 Å². The number of thioether (sulfide) groups is 1. The number of nitrogens with zero attached hydrogens (tertiary/aromatic N) is 3. The quantitative estimate of drug-likeness (QED) is 0.790. The molecular weight excluding hydrogens is 348 g/mol. The molecule has 0 spiro atoms. The Kier molecular flexibility index (Phi) is 4.33. The largest absolute Gasteiger partial charge is 0.306 e. The minimum absolute atomic E-state index is 0.113. The van der Waals surface area contributed by atoms with Gasteiger partial charge in [0.25, 0.3) is 5.91 Å².